The zero-order chi connectivity index (χ0) is 18.4. The summed E-state index contributed by atoms with van der Waals surface area (Å²) in [6, 6.07) is 20.6. The number of hydrogen-bond donors (Lipinski definition) is 2. The minimum absolute atomic E-state index is 0.0767. The molecule has 1 aromatic heterocycles. The smallest absolute Gasteiger partial charge is 0.248 e. The molecule has 0 saturated carbocycles. The average molecular weight is 348 g/mol. The molecule has 2 amide bonds. The zero-order valence-electron chi connectivity index (χ0n) is 14.3. The summed E-state index contributed by atoms with van der Waals surface area (Å²) in [6.07, 6.45) is 0.858. The number of primary amides is 1. The standard InChI is InChI=1S/C21H20N2O3/c22-21(25)17-8-4-5-15(13-17)14-23-20(24)12-10-18-9-11-19(26-18)16-6-2-1-3-7-16/h1-9,11,13H,10,12,14H2,(H2,22,25)(H,23,24). The molecule has 5 heteroatoms. The lowest BCUT2D eigenvalue weighted by Gasteiger charge is -2.06. The monoisotopic (exact) mass is 348 g/mol. The minimum atomic E-state index is -0.481. The quantitative estimate of drug-likeness (QED) is 0.687. The number of rotatable bonds is 7. The van der Waals surface area contributed by atoms with E-state index in [9.17, 15) is 9.59 Å². The van der Waals surface area contributed by atoms with Crippen LogP contribution in [0.5, 0.6) is 0 Å². The number of furan rings is 1. The van der Waals surface area contributed by atoms with Crippen LogP contribution in [0, 0.1) is 0 Å². The van der Waals surface area contributed by atoms with Crippen molar-refractivity contribution in [3.8, 4) is 11.3 Å². The van der Waals surface area contributed by atoms with E-state index in [0.29, 0.717) is 24.9 Å². The van der Waals surface area contributed by atoms with E-state index in [1.54, 1.807) is 18.2 Å². The van der Waals surface area contributed by atoms with Crippen LogP contribution in [-0.2, 0) is 17.8 Å². The molecule has 3 N–H and O–H groups in total. The average Bonchev–Trinajstić information content (AvgIpc) is 3.15. The van der Waals surface area contributed by atoms with E-state index in [2.05, 4.69) is 5.32 Å². The van der Waals surface area contributed by atoms with E-state index < -0.39 is 5.91 Å². The van der Waals surface area contributed by atoms with Crippen molar-refractivity contribution in [1.29, 1.82) is 0 Å². The van der Waals surface area contributed by atoms with Crippen LogP contribution < -0.4 is 11.1 Å². The van der Waals surface area contributed by atoms with Crippen molar-refractivity contribution in [2.45, 2.75) is 19.4 Å². The van der Waals surface area contributed by atoms with E-state index in [0.717, 1.165) is 22.6 Å². The van der Waals surface area contributed by atoms with Crippen LogP contribution >= 0.6 is 0 Å². The maximum atomic E-state index is 12.0. The zero-order valence-corrected chi connectivity index (χ0v) is 14.3. The van der Waals surface area contributed by atoms with Gasteiger partial charge in [0.05, 0.1) is 0 Å². The summed E-state index contributed by atoms with van der Waals surface area (Å²) in [5.74, 6) is 1.01. The molecule has 3 aromatic rings. The van der Waals surface area contributed by atoms with Crippen LogP contribution in [-0.4, -0.2) is 11.8 Å². The Morgan fingerprint density at radius 3 is 2.54 bits per heavy atom. The Morgan fingerprint density at radius 2 is 1.77 bits per heavy atom. The number of carbonyl (C=O) groups is 2. The fourth-order valence-corrected chi connectivity index (χ4v) is 2.63. The Kier molecular flexibility index (Phi) is 5.49. The molecule has 2 aromatic carbocycles. The second kappa shape index (κ2) is 8.16. The van der Waals surface area contributed by atoms with E-state index in [-0.39, 0.29) is 5.91 Å². The molecule has 0 aliphatic heterocycles. The number of nitrogens with one attached hydrogen (secondary N) is 1. The summed E-state index contributed by atoms with van der Waals surface area (Å²) >= 11 is 0. The molecule has 0 fully saturated rings. The molecule has 26 heavy (non-hydrogen) atoms. The van der Waals surface area contributed by atoms with Gasteiger partial charge in [0.25, 0.3) is 0 Å². The Hall–Kier alpha value is -3.34. The van der Waals surface area contributed by atoms with Crippen molar-refractivity contribution < 1.29 is 14.0 Å². The summed E-state index contributed by atoms with van der Waals surface area (Å²) in [5, 5.41) is 2.84. The summed E-state index contributed by atoms with van der Waals surface area (Å²) in [7, 11) is 0. The molecule has 0 atom stereocenters. The van der Waals surface area contributed by atoms with Crippen LogP contribution in [0.15, 0.2) is 71.1 Å². The Balaban J connectivity index is 1.49. The number of nitrogens with two attached hydrogens (primary N) is 1. The molecular formula is C21H20N2O3. The van der Waals surface area contributed by atoms with Crippen molar-refractivity contribution in [3.05, 3.63) is 83.6 Å². The minimum Gasteiger partial charge on any atom is -0.461 e. The molecule has 132 valence electrons. The molecule has 1 heterocycles. The fraction of sp³-hybridized carbons (Fsp3) is 0.143. The molecule has 0 aliphatic carbocycles. The lowest BCUT2D eigenvalue weighted by Crippen LogP contribution is -2.23. The lowest BCUT2D eigenvalue weighted by atomic mass is 10.1. The van der Waals surface area contributed by atoms with Crippen molar-refractivity contribution >= 4 is 11.8 Å². The van der Waals surface area contributed by atoms with Crippen molar-refractivity contribution in [2.24, 2.45) is 5.73 Å². The first-order valence-electron chi connectivity index (χ1n) is 8.41. The third kappa shape index (κ3) is 4.60. The second-order valence-electron chi connectivity index (χ2n) is 5.97. The molecule has 3 rings (SSSR count). The number of amides is 2. The Labute approximate surface area is 151 Å². The van der Waals surface area contributed by atoms with Gasteiger partial charge in [0.1, 0.15) is 11.5 Å². The maximum absolute atomic E-state index is 12.0. The molecule has 0 unspecified atom stereocenters. The van der Waals surface area contributed by atoms with E-state index in [4.69, 9.17) is 10.2 Å². The van der Waals surface area contributed by atoms with Crippen LogP contribution in [0.4, 0.5) is 0 Å². The Morgan fingerprint density at radius 1 is 0.962 bits per heavy atom. The second-order valence-corrected chi connectivity index (χ2v) is 5.97. The number of carbonyl (C=O) groups excluding carboxylic acids is 2. The molecule has 0 spiro atoms. The van der Waals surface area contributed by atoms with Gasteiger partial charge in [-0.2, -0.15) is 0 Å². The highest BCUT2D eigenvalue weighted by Gasteiger charge is 2.08. The summed E-state index contributed by atoms with van der Waals surface area (Å²) in [6.45, 7) is 0.355. The molecule has 0 aliphatic rings. The Bertz CT molecular complexity index is 900. The largest absolute Gasteiger partial charge is 0.461 e. The SMILES string of the molecule is NC(=O)c1cccc(CNC(=O)CCc2ccc(-c3ccccc3)o2)c1. The van der Waals surface area contributed by atoms with Crippen LogP contribution in [0.2, 0.25) is 0 Å². The number of aryl methyl sites for hydroxylation is 1. The maximum Gasteiger partial charge on any atom is 0.248 e. The highest BCUT2D eigenvalue weighted by Crippen LogP contribution is 2.22. The van der Waals surface area contributed by atoms with Gasteiger partial charge >= 0.3 is 0 Å². The molecule has 0 saturated heterocycles. The summed E-state index contributed by atoms with van der Waals surface area (Å²) < 4.78 is 5.79. The predicted molar refractivity (Wildman–Crippen MR) is 99.3 cm³/mol. The molecule has 0 bridgehead atoms. The molecular weight excluding hydrogens is 328 g/mol. The third-order valence-electron chi connectivity index (χ3n) is 4.02. The van der Waals surface area contributed by atoms with Crippen molar-refractivity contribution in [2.75, 3.05) is 0 Å². The normalized spacial score (nSPS) is 10.5. The number of benzene rings is 2. The van der Waals surface area contributed by atoms with Gasteiger partial charge in [0, 0.05) is 30.5 Å². The lowest BCUT2D eigenvalue weighted by molar-refractivity contribution is -0.121. The van der Waals surface area contributed by atoms with E-state index in [1.807, 2.05) is 48.5 Å². The van der Waals surface area contributed by atoms with E-state index >= 15 is 0 Å². The summed E-state index contributed by atoms with van der Waals surface area (Å²) in [5.41, 5.74) is 7.53. The molecule has 0 radical (unpaired) electrons. The predicted octanol–water partition coefficient (Wildman–Crippen LogP) is 3.29. The highest BCUT2D eigenvalue weighted by atomic mass is 16.3. The van der Waals surface area contributed by atoms with Gasteiger partial charge in [-0.25, -0.2) is 0 Å². The number of hydrogen-bond acceptors (Lipinski definition) is 3. The van der Waals surface area contributed by atoms with Gasteiger partial charge in [-0.3, -0.25) is 9.59 Å². The van der Waals surface area contributed by atoms with Gasteiger partial charge in [-0.1, -0.05) is 42.5 Å². The summed E-state index contributed by atoms with van der Waals surface area (Å²) in [4.78, 5) is 23.2. The first kappa shape index (κ1) is 17.5. The first-order chi connectivity index (χ1) is 12.6. The van der Waals surface area contributed by atoms with Crippen LogP contribution in [0.1, 0.15) is 28.1 Å². The van der Waals surface area contributed by atoms with Crippen LogP contribution in [0.3, 0.4) is 0 Å². The van der Waals surface area contributed by atoms with Gasteiger partial charge in [0.2, 0.25) is 11.8 Å². The third-order valence-corrected chi connectivity index (χ3v) is 4.02. The molecule has 5 nitrogen and oxygen atoms in total. The van der Waals surface area contributed by atoms with E-state index in [1.165, 1.54) is 0 Å². The van der Waals surface area contributed by atoms with Gasteiger partial charge < -0.3 is 15.5 Å². The highest BCUT2D eigenvalue weighted by molar-refractivity contribution is 5.92. The van der Waals surface area contributed by atoms with Gasteiger partial charge in [0.15, 0.2) is 0 Å². The van der Waals surface area contributed by atoms with Gasteiger partial charge in [-0.15, -0.1) is 0 Å². The first-order valence-corrected chi connectivity index (χ1v) is 8.41. The fourth-order valence-electron chi connectivity index (χ4n) is 2.63. The topological polar surface area (TPSA) is 85.3 Å². The van der Waals surface area contributed by atoms with Crippen molar-refractivity contribution in [3.63, 3.8) is 0 Å². The van der Waals surface area contributed by atoms with Crippen LogP contribution in [0.25, 0.3) is 11.3 Å². The van der Waals surface area contributed by atoms with Gasteiger partial charge in [-0.05, 0) is 29.8 Å². The van der Waals surface area contributed by atoms with Crippen molar-refractivity contribution in [1.82, 2.24) is 5.32 Å².